The standard InChI is InChI=1S/C28H44N2O5/c1-5-6-7-8-9-10-11-12-13-14-15-16-17-18-19-20-21-22-25(31)30-23(2)27(32)35-24(3)26(29)28(33)34-4/h6-7,9-10,12-13,15-16,18-19,23-24,26H,5,8,11,14,17,20-22,29H2,1-4H3,(H,30,31)/b7-6-,10-9-,13-12-,16-15-,19-18-/t23-,24+,26-/m0/s1. The van der Waals surface area contributed by atoms with Crippen molar-refractivity contribution in [1.29, 1.82) is 0 Å². The first-order valence-electron chi connectivity index (χ1n) is 12.4. The number of esters is 2. The molecular formula is C28H44N2O5. The van der Waals surface area contributed by atoms with E-state index in [-0.39, 0.29) is 5.91 Å². The van der Waals surface area contributed by atoms with Crippen LogP contribution in [0.3, 0.4) is 0 Å². The molecule has 1 amide bonds. The van der Waals surface area contributed by atoms with E-state index in [4.69, 9.17) is 10.5 Å². The highest BCUT2D eigenvalue weighted by molar-refractivity contribution is 5.84. The van der Waals surface area contributed by atoms with E-state index in [1.807, 2.05) is 0 Å². The first-order valence-corrected chi connectivity index (χ1v) is 12.4. The van der Waals surface area contributed by atoms with Gasteiger partial charge in [-0.25, -0.2) is 4.79 Å². The number of carbonyl (C=O) groups is 3. The molecule has 0 rings (SSSR count). The van der Waals surface area contributed by atoms with Crippen LogP contribution in [0.15, 0.2) is 60.8 Å². The lowest BCUT2D eigenvalue weighted by Crippen LogP contribution is -2.47. The van der Waals surface area contributed by atoms with Crippen LogP contribution in [0.2, 0.25) is 0 Å². The van der Waals surface area contributed by atoms with Crippen LogP contribution in [-0.4, -0.2) is 43.1 Å². The van der Waals surface area contributed by atoms with E-state index in [0.717, 1.165) is 38.5 Å². The molecule has 0 aliphatic rings. The van der Waals surface area contributed by atoms with Crippen LogP contribution >= 0.6 is 0 Å². The summed E-state index contributed by atoms with van der Waals surface area (Å²) in [5, 5.41) is 2.60. The average molecular weight is 489 g/mol. The van der Waals surface area contributed by atoms with Crippen molar-refractivity contribution in [2.24, 2.45) is 5.73 Å². The van der Waals surface area contributed by atoms with Gasteiger partial charge in [-0.2, -0.15) is 0 Å². The highest BCUT2D eigenvalue weighted by atomic mass is 16.6. The number of nitrogens with two attached hydrogens (primary N) is 1. The number of ether oxygens (including phenoxy) is 2. The van der Waals surface area contributed by atoms with Crippen molar-refractivity contribution in [3.8, 4) is 0 Å². The lowest BCUT2D eigenvalue weighted by atomic mass is 10.2. The summed E-state index contributed by atoms with van der Waals surface area (Å²) in [6, 6.07) is -1.90. The molecule has 0 aliphatic heterocycles. The molecule has 0 bridgehead atoms. The topological polar surface area (TPSA) is 108 Å². The summed E-state index contributed by atoms with van der Waals surface area (Å²) in [7, 11) is 1.21. The summed E-state index contributed by atoms with van der Waals surface area (Å²) in [5.41, 5.74) is 5.64. The Balaban J connectivity index is 3.91. The number of rotatable bonds is 18. The molecule has 196 valence electrons. The van der Waals surface area contributed by atoms with Crippen LogP contribution in [0.5, 0.6) is 0 Å². The smallest absolute Gasteiger partial charge is 0.328 e. The maximum Gasteiger partial charge on any atom is 0.328 e. The van der Waals surface area contributed by atoms with Gasteiger partial charge in [-0.1, -0.05) is 67.7 Å². The molecule has 0 aromatic heterocycles. The van der Waals surface area contributed by atoms with E-state index < -0.39 is 30.1 Å². The number of methoxy groups -OCH3 is 1. The molecule has 3 N–H and O–H groups in total. The number of allylic oxidation sites excluding steroid dienone is 10. The van der Waals surface area contributed by atoms with Crippen molar-refractivity contribution in [2.75, 3.05) is 7.11 Å². The highest BCUT2D eigenvalue weighted by Crippen LogP contribution is 2.03. The molecule has 0 aromatic carbocycles. The molecule has 35 heavy (non-hydrogen) atoms. The molecule has 0 saturated carbocycles. The van der Waals surface area contributed by atoms with Crippen molar-refractivity contribution in [3.05, 3.63) is 60.8 Å². The van der Waals surface area contributed by atoms with Gasteiger partial charge in [-0.3, -0.25) is 9.59 Å². The molecule has 0 heterocycles. The van der Waals surface area contributed by atoms with Crippen molar-refractivity contribution >= 4 is 17.8 Å². The second kappa shape index (κ2) is 21.6. The normalized spacial score (nSPS) is 14.8. The lowest BCUT2D eigenvalue weighted by Gasteiger charge is -2.21. The van der Waals surface area contributed by atoms with Crippen LogP contribution < -0.4 is 11.1 Å². The Kier molecular flexibility index (Phi) is 19.8. The van der Waals surface area contributed by atoms with Gasteiger partial charge in [0.1, 0.15) is 18.2 Å². The molecule has 0 spiro atoms. The van der Waals surface area contributed by atoms with E-state index in [9.17, 15) is 14.4 Å². The Bertz CT molecular complexity index is 752. The number of carbonyl (C=O) groups excluding carboxylic acids is 3. The minimum absolute atomic E-state index is 0.230. The minimum atomic E-state index is -1.07. The Labute approximate surface area is 211 Å². The Morgan fingerprint density at radius 3 is 1.77 bits per heavy atom. The fraction of sp³-hybridized carbons (Fsp3) is 0.536. The van der Waals surface area contributed by atoms with E-state index >= 15 is 0 Å². The summed E-state index contributed by atoms with van der Waals surface area (Å²) >= 11 is 0. The van der Waals surface area contributed by atoms with Crippen LogP contribution in [0.1, 0.15) is 72.1 Å². The molecule has 0 unspecified atom stereocenters. The number of amides is 1. The Morgan fingerprint density at radius 2 is 1.29 bits per heavy atom. The molecule has 7 heteroatoms. The predicted molar refractivity (Wildman–Crippen MR) is 141 cm³/mol. The van der Waals surface area contributed by atoms with Crippen LogP contribution in [0, 0.1) is 0 Å². The predicted octanol–water partition coefficient (Wildman–Crippen LogP) is 4.84. The van der Waals surface area contributed by atoms with E-state index in [2.05, 4.69) is 77.7 Å². The van der Waals surface area contributed by atoms with Crippen molar-refractivity contribution < 1.29 is 23.9 Å². The summed E-state index contributed by atoms with van der Waals surface area (Å²) in [4.78, 5) is 35.5. The van der Waals surface area contributed by atoms with E-state index in [1.165, 1.54) is 21.0 Å². The van der Waals surface area contributed by atoms with Crippen molar-refractivity contribution in [1.82, 2.24) is 5.32 Å². The molecule has 0 aromatic rings. The second-order valence-corrected chi connectivity index (χ2v) is 8.08. The molecule has 0 saturated heterocycles. The van der Waals surface area contributed by atoms with Crippen LogP contribution in [0.25, 0.3) is 0 Å². The van der Waals surface area contributed by atoms with Gasteiger partial charge in [-0.15, -0.1) is 0 Å². The van der Waals surface area contributed by atoms with Crippen LogP contribution in [0.4, 0.5) is 0 Å². The minimum Gasteiger partial charge on any atom is -0.468 e. The Hall–Kier alpha value is -2.93. The van der Waals surface area contributed by atoms with E-state index in [0.29, 0.717) is 12.8 Å². The number of nitrogens with one attached hydrogen (secondary N) is 1. The first kappa shape index (κ1) is 32.1. The zero-order valence-electron chi connectivity index (χ0n) is 21.8. The molecular weight excluding hydrogens is 444 g/mol. The first-order chi connectivity index (χ1) is 16.8. The maximum absolute atomic E-state index is 12.1. The van der Waals surface area contributed by atoms with E-state index in [1.54, 1.807) is 0 Å². The average Bonchev–Trinajstić information content (AvgIpc) is 2.84. The third-order valence-electron chi connectivity index (χ3n) is 4.94. The van der Waals surface area contributed by atoms with Gasteiger partial charge in [-0.05, 0) is 58.8 Å². The molecule has 3 atom stereocenters. The SMILES string of the molecule is CC/C=C\C/C=C\C/C=C\C/C=C\C/C=C\CCCC(=O)N[C@@H](C)C(=O)O[C@H](C)[C@H](N)C(=O)OC. The van der Waals surface area contributed by atoms with Gasteiger partial charge in [0.05, 0.1) is 7.11 Å². The number of unbranched alkanes of at least 4 members (excludes halogenated alkanes) is 1. The molecule has 7 nitrogen and oxygen atoms in total. The summed E-state index contributed by atoms with van der Waals surface area (Å²) < 4.78 is 9.65. The quantitative estimate of drug-likeness (QED) is 0.162. The van der Waals surface area contributed by atoms with Gasteiger partial charge in [0.15, 0.2) is 0 Å². The monoisotopic (exact) mass is 488 g/mol. The largest absolute Gasteiger partial charge is 0.468 e. The summed E-state index contributed by atoms with van der Waals surface area (Å²) in [6.45, 7) is 5.16. The maximum atomic E-state index is 12.1. The molecule has 0 fully saturated rings. The zero-order chi connectivity index (χ0) is 26.3. The van der Waals surface area contributed by atoms with Crippen molar-refractivity contribution in [2.45, 2.75) is 90.3 Å². The van der Waals surface area contributed by atoms with Gasteiger partial charge in [0.25, 0.3) is 0 Å². The summed E-state index contributed by atoms with van der Waals surface area (Å²) in [6.07, 6.45) is 27.2. The third kappa shape index (κ3) is 18.1. The number of hydrogen-bond acceptors (Lipinski definition) is 6. The van der Waals surface area contributed by atoms with Gasteiger partial charge in [0.2, 0.25) is 5.91 Å². The third-order valence-corrected chi connectivity index (χ3v) is 4.94. The fourth-order valence-corrected chi connectivity index (χ4v) is 2.81. The summed E-state index contributed by atoms with van der Waals surface area (Å²) in [5.74, 6) is -1.55. The number of hydrogen-bond donors (Lipinski definition) is 2. The molecule has 0 radical (unpaired) electrons. The molecule has 0 aliphatic carbocycles. The van der Waals surface area contributed by atoms with Gasteiger partial charge >= 0.3 is 11.9 Å². The lowest BCUT2D eigenvalue weighted by molar-refractivity contribution is -0.157. The Morgan fingerprint density at radius 1 is 0.800 bits per heavy atom. The highest BCUT2D eigenvalue weighted by Gasteiger charge is 2.27. The van der Waals surface area contributed by atoms with Gasteiger partial charge in [0, 0.05) is 6.42 Å². The van der Waals surface area contributed by atoms with Crippen molar-refractivity contribution in [3.63, 3.8) is 0 Å². The zero-order valence-corrected chi connectivity index (χ0v) is 21.8. The fourth-order valence-electron chi connectivity index (χ4n) is 2.81. The van der Waals surface area contributed by atoms with Gasteiger partial charge < -0.3 is 20.5 Å². The second-order valence-electron chi connectivity index (χ2n) is 8.08. The van der Waals surface area contributed by atoms with Crippen LogP contribution in [-0.2, 0) is 23.9 Å².